The van der Waals surface area contributed by atoms with Gasteiger partial charge < -0.3 is 19.0 Å². The number of methoxy groups -OCH3 is 1. The minimum absolute atomic E-state index is 0.0426. The molecule has 2 aromatic rings. The molecule has 0 spiro atoms. The SMILES string of the molecule is COCCN(C[C@H]1CCCN2CCCC[C@@H]12)C(=O)c1cc(-c2ccco2)[nH]n1. The van der Waals surface area contributed by atoms with E-state index in [-0.39, 0.29) is 5.91 Å². The number of nitrogens with one attached hydrogen (secondary N) is 1. The Hall–Kier alpha value is -2.12. The molecule has 0 unspecified atom stereocenters. The van der Waals surface area contributed by atoms with Crippen LogP contribution in [0.5, 0.6) is 0 Å². The highest BCUT2D eigenvalue weighted by atomic mass is 16.5. The molecule has 0 aromatic carbocycles. The molecule has 0 radical (unpaired) electrons. The summed E-state index contributed by atoms with van der Waals surface area (Å²) in [5.41, 5.74) is 1.15. The van der Waals surface area contributed by atoms with Gasteiger partial charge in [0.05, 0.1) is 12.9 Å². The summed E-state index contributed by atoms with van der Waals surface area (Å²) in [6.45, 7) is 4.30. The topological polar surface area (TPSA) is 74.6 Å². The van der Waals surface area contributed by atoms with Crippen molar-refractivity contribution in [1.29, 1.82) is 0 Å². The van der Waals surface area contributed by atoms with Crippen molar-refractivity contribution in [1.82, 2.24) is 20.0 Å². The van der Waals surface area contributed by atoms with Crippen molar-refractivity contribution in [2.75, 3.05) is 39.9 Å². The van der Waals surface area contributed by atoms with Crippen LogP contribution in [0.2, 0.25) is 0 Å². The molecule has 2 fully saturated rings. The molecule has 7 heteroatoms. The van der Waals surface area contributed by atoms with E-state index in [0.717, 1.165) is 12.2 Å². The van der Waals surface area contributed by atoms with E-state index in [0.29, 0.717) is 36.6 Å². The smallest absolute Gasteiger partial charge is 0.274 e. The number of amides is 1. The molecule has 0 aliphatic carbocycles. The zero-order chi connectivity index (χ0) is 19.3. The lowest BCUT2D eigenvalue weighted by Crippen LogP contribution is -2.52. The van der Waals surface area contributed by atoms with Gasteiger partial charge in [0.1, 0.15) is 5.69 Å². The van der Waals surface area contributed by atoms with Crippen molar-refractivity contribution in [2.45, 2.75) is 38.1 Å². The first kappa shape index (κ1) is 19.2. The Morgan fingerprint density at radius 1 is 1.36 bits per heavy atom. The van der Waals surface area contributed by atoms with Gasteiger partial charge in [0, 0.05) is 32.3 Å². The fourth-order valence-corrected chi connectivity index (χ4v) is 4.70. The molecule has 4 rings (SSSR count). The molecule has 2 atom stereocenters. The third kappa shape index (κ3) is 4.15. The van der Waals surface area contributed by atoms with Gasteiger partial charge in [-0.3, -0.25) is 9.89 Å². The maximum absolute atomic E-state index is 13.2. The van der Waals surface area contributed by atoms with Gasteiger partial charge in [0.25, 0.3) is 5.91 Å². The molecule has 2 aromatic heterocycles. The van der Waals surface area contributed by atoms with E-state index < -0.39 is 0 Å². The van der Waals surface area contributed by atoms with Crippen LogP contribution in [-0.2, 0) is 4.74 Å². The molecular weight excluding hydrogens is 356 g/mol. The number of carbonyl (C=O) groups excluding carboxylic acids is 1. The van der Waals surface area contributed by atoms with E-state index in [1.807, 2.05) is 17.0 Å². The van der Waals surface area contributed by atoms with Crippen LogP contribution in [0.25, 0.3) is 11.5 Å². The Labute approximate surface area is 166 Å². The molecule has 2 aliphatic rings. The zero-order valence-corrected chi connectivity index (χ0v) is 16.6. The van der Waals surface area contributed by atoms with Gasteiger partial charge >= 0.3 is 0 Å². The average molecular weight is 386 g/mol. The van der Waals surface area contributed by atoms with Gasteiger partial charge in [-0.15, -0.1) is 0 Å². The molecule has 1 amide bonds. The van der Waals surface area contributed by atoms with Crippen molar-refractivity contribution < 1.29 is 13.9 Å². The average Bonchev–Trinajstić information content (AvgIpc) is 3.42. The molecule has 2 aliphatic heterocycles. The highest BCUT2D eigenvalue weighted by molar-refractivity contribution is 5.93. The first-order valence-corrected chi connectivity index (χ1v) is 10.4. The van der Waals surface area contributed by atoms with Crippen LogP contribution in [0, 0.1) is 5.92 Å². The predicted molar refractivity (Wildman–Crippen MR) is 106 cm³/mol. The molecule has 152 valence electrons. The quantitative estimate of drug-likeness (QED) is 0.792. The van der Waals surface area contributed by atoms with Crippen molar-refractivity contribution in [3.8, 4) is 11.5 Å². The number of hydrogen-bond donors (Lipinski definition) is 1. The van der Waals surface area contributed by atoms with Gasteiger partial charge in [0.2, 0.25) is 0 Å². The second-order valence-electron chi connectivity index (χ2n) is 7.89. The van der Waals surface area contributed by atoms with Crippen LogP contribution >= 0.6 is 0 Å². The van der Waals surface area contributed by atoms with Crippen molar-refractivity contribution in [3.05, 3.63) is 30.2 Å². The van der Waals surface area contributed by atoms with E-state index in [2.05, 4.69) is 15.1 Å². The summed E-state index contributed by atoms with van der Waals surface area (Å²) in [5.74, 6) is 1.16. The van der Waals surface area contributed by atoms with Crippen LogP contribution < -0.4 is 0 Å². The molecule has 28 heavy (non-hydrogen) atoms. The fraction of sp³-hybridized carbons (Fsp3) is 0.619. The van der Waals surface area contributed by atoms with E-state index >= 15 is 0 Å². The van der Waals surface area contributed by atoms with Gasteiger partial charge in [-0.05, 0) is 56.8 Å². The van der Waals surface area contributed by atoms with E-state index in [9.17, 15) is 4.79 Å². The van der Waals surface area contributed by atoms with Crippen LogP contribution in [0.15, 0.2) is 28.9 Å². The van der Waals surface area contributed by atoms with E-state index in [1.165, 1.54) is 45.2 Å². The number of furan rings is 1. The molecule has 0 bridgehead atoms. The van der Waals surface area contributed by atoms with Crippen molar-refractivity contribution in [2.24, 2.45) is 5.92 Å². The number of rotatable bonds is 7. The normalized spacial score (nSPS) is 22.8. The van der Waals surface area contributed by atoms with Crippen molar-refractivity contribution in [3.63, 3.8) is 0 Å². The zero-order valence-electron chi connectivity index (χ0n) is 16.6. The summed E-state index contributed by atoms with van der Waals surface area (Å²) in [6, 6.07) is 6.05. The molecule has 7 nitrogen and oxygen atoms in total. The second kappa shape index (κ2) is 8.92. The van der Waals surface area contributed by atoms with Crippen LogP contribution in [0.4, 0.5) is 0 Å². The summed E-state index contributed by atoms with van der Waals surface area (Å²) in [7, 11) is 1.68. The first-order valence-electron chi connectivity index (χ1n) is 10.4. The third-order valence-corrected chi connectivity index (χ3v) is 6.12. The number of piperidine rings is 2. The first-order chi connectivity index (χ1) is 13.8. The van der Waals surface area contributed by atoms with E-state index in [1.54, 1.807) is 19.4 Å². The number of ether oxygens (including phenoxy) is 1. The summed E-state index contributed by atoms with van der Waals surface area (Å²) in [6.07, 6.45) is 7.88. The highest BCUT2D eigenvalue weighted by Crippen LogP contribution is 2.31. The Kier molecular flexibility index (Phi) is 6.12. The van der Waals surface area contributed by atoms with Crippen LogP contribution in [0.1, 0.15) is 42.6 Å². The summed E-state index contributed by atoms with van der Waals surface area (Å²) in [4.78, 5) is 17.8. The van der Waals surface area contributed by atoms with Crippen LogP contribution in [0.3, 0.4) is 0 Å². The maximum atomic E-state index is 13.2. The maximum Gasteiger partial charge on any atom is 0.274 e. The number of aromatic nitrogens is 2. The molecular formula is C21H30N4O3. The lowest BCUT2D eigenvalue weighted by molar-refractivity contribution is 0.0313. The lowest BCUT2D eigenvalue weighted by Gasteiger charge is -2.45. The number of nitrogens with zero attached hydrogens (tertiary/aromatic N) is 3. The Balaban J connectivity index is 1.48. The standard InChI is InChI=1S/C21H30N4O3/c1-27-13-11-25(15-16-6-4-10-24-9-3-2-7-19(16)24)21(26)18-14-17(22-23-18)20-8-5-12-28-20/h5,8,12,14,16,19H,2-4,6-7,9-11,13,15H2,1H3,(H,22,23)/t16-,19+/m1/s1. The summed E-state index contributed by atoms with van der Waals surface area (Å²) in [5, 5.41) is 7.17. The van der Waals surface area contributed by atoms with Gasteiger partial charge in [-0.1, -0.05) is 6.42 Å². The number of hydrogen-bond acceptors (Lipinski definition) is 5. The van der Waals surface area contributed by atoms with Crippen molar-refractivity contribution >= 4 is 5.91 Å². The third-order valence-electron chi connectivity index (χ3n) is 6.12. The number of carbonyl (C=O) groups is 1. The molecule has 2 saturated heterocycles. The number of aromatic amines is 1. The fourth-order valence-electron chi connectivity index (χ4n) is 4.70. The highest BCUT2D eigenvalue weighted by Gasteiger charge is 2.35. The monoisotopic (exact) mass is 386 g/mol. The van der Waals surface area contributed by atoms with E-state index in [4.69, 9.17) is 9.15 Å². The summed E-state index contributed by atoms with van der Waals surface area (Å²) >= 11 is 0. The number of H-pyrrole nitrogens is 1. The van der Waals surface area contributed by atoms with Gasteiger partial charge in [-0.25, -0.2) is 0 Å². The van der Waals surface area contributed by atoms with Crippen LogP contribution in [-0.4, -0.2) is 71.8 Å². The molecule has 1 N–H and O–H groups in total. The number of fused-ring (bicyclic) bond motifs is 1. The summed E-state index contributed by atoms with van der Waals surface area (Å²) < 4.78 is 10.7. The Bertz CT molecular complexity index is 756. The molecule has 0 saturated carbocycles. The largest absolute Gasteiger partial charge is 0.463 e. The lowest BCUT2D eigenvalue weighted by atomic mass is 9.83. The minimum Gasteiger partial charge on any atom is -0.463 e. The predicted octanol–water partition coefficient (Wildman–Crippen LogP) is 3.02. The van der Waals surface area contributed by atoms with Gasteiger partial charge in [0.15, 0.2) is 11.5 Å². The minimum atomic E-state index is -0.0426. The second-order valence-corrected chi connectivity index (χ2v) is 7.89. The molecule has 4 heterocycles. The Morgan fingerprint density at radius 3 is 3.07 bits per heavy atom. The van der Waals surface area contributed by atoms with Gasteiger partial charge in [-0.2, -0.15) is 5.10 Å². The Morgan fingerprint density at radius 2 is 2.25 bits per heavy atom.